The molecule has 0 radical (unpaired) electrons. The van der Waals surface area contributed by atoms with Gasteiger partial charge in [0.1, 0.15) is 11.2 Å². The zero-order valence-electron chi connectivity index (χ0n) is 17.8. The third kappa shape index (κ3) is 1.76. The molecule has 4 aromatic carbocycles. The molecule has 4 aromatic rings. The van der Waals surface area contributed by atoms with Crippen LogP contribution in [0.2, 0.25) is 0 Å². The maximum atomic E-state index is 7.57. The molecule has 2 heterocycles. The lowest BCUT2D eigenvalue weighted by Crippen LogP contribution is -2.42. The summed E-state index contributed by atoms with van der Waals surface area (Å²) in [4.78, 5) is 0. The summed E-state index contributed by atoms with van der Waals surface area (Å²) in [6, 6.07) is 40.4. The summed E-state index contributed by atoms with van der Waals surface area (Å²) >= 11 is 0. The van der Waals surface area contributed by atoms with E-state index >= 15 is 0 Å². The summed E-state index contributed by atoms with van der Waals surface area (Å²) in [6.07, 6.45) is 1.25. The lowest BCUT2D eigenvalue weighted by molar-refractivity contribution is -0.0641. The highest BCUT2D eigenvalue weighted by atomic mass is 16.5. The highest BCUT2D eigenvalue weighted by molar-refractivity contribution is 5.62. The van der Waals surface area contributed by atoms with Gasteiger partial charge in [-0.2, -0.15) is 0 Å². The van der Waals surface area contributed by atoms with Crippen molar-refractivity contribution in [3.8, 4) is 0 Å². The number of ether oxygens (including phenoxy) is 1. The van der Waals surface area contributed by atoms with E-state index in [-0.39, 0.29) is 0 Å². The summed E-state index contributed by atoms with van der Waals surface area (Å²) in [5, 5.41) is 0. The van der Waals surface area contributed by atoms with Crippen molar-refractivity contribution >= 4 is 0 Å². The third-order valence-corrected chi connectivity index (χ3v) is 8.95. The highest BCUT2D eigenvalue weighted by Crippen LogP contribution is 2.79. The summed E-state index contributed by atoms with van der Waals surface area (Å²) in [5.74, 6) is 1.97. The monoisotopic (exact) mass is 412 g/mol. The first-order valence-corrected chi connectivity index (χ1v) is 11.9. The van der Waals surface area contributed by atoms with Gasteiger partial charge in [0.2, 0.25) is 0 Å². The Labute approximate surface area is 188 Å². The molecule has 8 rings (SSSR count). The van der Waals surface area contributed by atoms with Crippen LogP contribution in [0.5, 0.6) is 0 Å². The first kappa shape index (κ1) is 17.4. The Bertz CT molecular complexity index is 1260. The second kappa shape index (κ2) is 5.79. The second-order valence-corrected chi connectivity index (χ2v) is 9.98. The number of benzene rings is 4. The van der Waals surface area contributed by atoms with Gasteiger partial charge < -0.3 is 4.74 Å². The Hall–Kier alpha value is -3.16. The first-order chi connectivity index (χ1) is 15.9. The molecular formula is C31H24O. The predicted molar refractivity (Wildman–Crippen MR) is 125 cm³/mol. The molecule has 6 atom stereocenters. The maximum absolute atomic E-state index is 7.57. The van der Waals surface area contributed by atoms with Crippen LogP contribution in [-0.4, -0.2) is 0 Å². The SMILES string of the molecule is c1ccc([C@@]23O[C@](c4ccccc4)(c4ccccc42)[C@@H]2[C@@H]3[C@@H]3C[C@@H]2c2ccccc23)cc1. The standard InChI is InChI=1S/C31H24O/c1-3-11-20(12-4-1)30-26-17-9-10-18-27(26)31(32-30,21-13-5-2-6-14-21)29-25-19-24(28(29)30)22-15-7-8-16-23(22)25/h1-18,24-25,28-29H,19H2/t24-,25-,28+,29+,30-,31-/m1/s1. The third-order valence-electron chi connectivity index (χ3n) is 8.95. The van der Waals surface area contributed by atoms with Crippen molar-refractivity contribution in [1.29, 1.82) is 0 Å². The van der Waals surface area contributed by atoms with Gasteiger partial charge in [-0.1, -0.05) is 109 Å². The fourth-order valence-corrected chi connectivity index (χ4v) is 8.14. The molecule has 0 N–H and O–H groups in total. The average molecular weight is 413 g/mol. The first-order valence-electron chi connectivity index (χ1n) is 11.9. The zero-order valence-corrected chi connectivity index (χ0v) is 17.8. The molecule has 0 unspecified atom stereocenters. The van der Waals surface area contributed by atoms with Crippen LogP contribution in [0.3, 0.4) is 0 Å². The average Bonchev–Trinajstić information content (AvgIpc) is 3.60. The van der Waals surface area contributed by atoms with E-state index in [2.05, 4.69) is 109 Å². The molecule has 32 heavy (non-hydrogen) atoms. The zero-order chi connectivity index (χ0) is 20.9. The number of hydrogen-bond donors (Lipinski definition) is 0. The van der Waals surface area contributed by atoms with Crippen LogP contribution in [-0.2, 0) is 15.9 Å². The van der Waals surface area contributed by atoms with Gasteiger partial charge in [-0.15, -0.1) is 0 Å². The summed E-state index contributed by atoms with van der Waals surface area (Å²) < 4.78 is 7.57. The van der Waals surface area contributed by atoms with Gasteiger partial charge >= 0.3 is 0 Å². The molecule has 154 valence electrons. The smallest absolute Gasteiger partial charge is 0.124 e. The normalized spacial score (nSPS) is 34.9. The van der Waals surface area contributed by atoms with Gasteiger partial charge in [-0.05, 0) is 51.6 Å². The molecule has 2 aliphatic carbocycles. The van der Waals surface area contributed by atoms with Crippen LogP contribution in [0.15, 0.2) is 109 Å². The molecule has 1 saturated carbocycles. The van der Waals surface area contributed by atoms with Crippen molar-refractivity contribution in [3.05, 3.63) is 143 Å². The van der Waals surface area contributed by atoms with Crippen LogP contribution in [0.4, 0.5) is 0 Å². The maximum Gasteiger partial charge on any atom is 0.124 e. The number of hydrogen-bond acceptors (Lipinski definition) is 1. The van der Waals surface area contributed by atoms with E-state index in [1.165, 1.54) is 28.7 Å². The molecule has 0 amide bonds. The van der Waals surface area contributed by atoms with Crippen molar-refractivity contribution in [2.75, 3.05) is 0 Å². The fraction of sp³-hybridized carbons (Fsp3) is 0.226. The van der Waals surface area contributed by atoms with Crippen LogP contribution in [0.1, 0.15) is 51.6 Å². The van der Waals surface area contributed by atoms with Gasteiger partial charge in [0.25, 0.3) is 0 Å². The Morgan fingerprint density at radius 1 is 0.500 bits per heavy atom. The van der Waals surface area contributed by atoms with E-state index < -0.39 is 11.2 Å². The Morgan fingerprint density at radius 3 is 1.38 bits per heavy atom. The van der Waals surface area contributed by atoms with E-state index in [1.54, 1.807) is 11.1 Å². The van der Waals surface area contributed by atoms with E-state index in [0.29, 0.717) is 23.7 Å². The summed E-state index contributed by atoms with van der Waals surface area (Å²) in [7, 11) is 0. The Morgan fingerprint density at radius 2 is 0.906 bits per heavy atom. The van der Waals surface area contributed by atoms with Crippen LogP contribution in [0.25, 0.3) is 0 Å². The van der Waals surface area contributed by atoms with Crippen LogP contribution < -0.4 is 0 Å². The van der Waals surface area contributed by atoms with Gasteiger partial charge in [0.15, 0.2) is 0 Å². The molecule has 4 bridgehead atoms. The second-order valence-electron chi connectivity index (χ2n) is 9.98. The van der Waals surface area contributed by atoms with Crippen LogP contribution in [0, 0.1) is 11.8 Å². The lowest BCUT2D eigenvalue weighted by atomic mass is 9.55. The van der Waals surface area contributed by atoms with E-state index in [0.717, 1.165) is 0 Å². The van der Waals surface area contributed by atoms with Gasteiger partial charge in [0.05, 0.1) is 0 Å². The van der Waals surface area contributed by atoms with Gasteiger partial charge in [0, 0.05) is 11.8 Å². The summed E-state index contributed by atoms with van der Waals surface area (Å²) in [6.45, 7) is 0. The Kier molecular flexibility index (Phi) is 3.15. The lowest BCUT2D eigenvalue weighted by Gasteiger charge is -2.43. The van der Waals surface area contributed by atoms with Crippen molar-refractivity contribution in [1.82, 2.24) is 0 Å². The van der Waals surface area contributed by atoms with Crippen molar-refractivity contribution in [2.24, 2.45) is 11.8 Å². The minimum atomic E-state index is -0.398. The Balaban J connectivity index is 1.50. The molecule has 0 spiro atoms. The minimum Gasteiger partial charge on any atom is -0.349 e. The van der Waals surface area contributed by atoms with Gasteiger partial charge in [-0.3, -0.25) is 0 Å². The van der Waals surface area contributed by atoms with Crippen molar-refractivity contribution < 1.29 is 4.74 Å². The fourth-order valence-electron chi connectivity index (χ4n) is 8.14. The molecule has 1 saturated heterocycles. The molecule has 0 aromatic heterocycles. The molecule has 1 nitrogen and oxygen atoms in total. The molecule has 1 heteroatoms. The number of rotatable bonds is 2. The van der Waals surface area contributed by atoms with E-state index in [1.807, 2.05) is 0 Å². The van der Waals surface area contributed by atoms with Gasteiger partial charge in [-0.25, -0.2) is 0 Å². The molecule has 4 aliphatic rings. The van der Waals surface area contributed by atoms with E-state index in [4.69, 9.17) is 4.74 Å². The minimum absolute atomic E-state index is 0.398. The predicted octanol–water partition coefficient (Wildman–Crippen LogP) is 6.73. The molecule has 2 aliphatic heterocycles. The van der Waals surface area contributed by atoms with Crippen molar-refractivity contribution in [2.45, 2.75) is 29.5 Å². The number of fused-ring (bicyclic) bond motifs is 15. The quantitative estimate of drug-likeness (QED) is 0.354. The largest absolute Gasteiger partial charge is 0.349 e. The highest BCUT2D eigenvalue weighted by Gasteiger charge is 2.77. The molecular weight excluding hydrogens is 388 g/mol. The van der Waals surface area contributed by atoms with Crippen molar-refractivity contribution in [3.63, 3.8) is 0 Å². The topological polar surface area (TPSA) is 9.23 Å². The van der Waals surface area contributed by atoms with E-state index in [9.17, 15) is 0 Å². The summed E-state index contributed by atoms with van der Waals surface area (Å²) in [5.41, 5.74) is 7.70. The molecule has 2 fully saturated rings. The van der Waals surface area contributed by atoms with Crippen LogP contribution >= 0.6 is 0 Å².